The molecule has 0 saturated carbocycles. The zero-order valence-electron chi connectivity index (χ0n) is 13.6. The fraction of sp³-hybridized carbons (Fsp3) is 0.176. The lowest BCUT2D eigenvalue weighted by Gasteiger charge is -2.18. The first-order valence-electron chi connectivity index (χ1n) is 7.41. The first-order valence-corrected chi connectivity index (χ1v) is 10.1. The topological polar surface area (TPSA) is 78.8 Å². The van der Waals surface area contributed by atoms with Crippen LogP contribution in [0, 0.1) is 0 Å². The predicted molar refractivity (Wildman–Crippen MR) is 102 cm³/mol. The largest absolute Gasteiger partial charge is 0.272 e. The number of amides is 1. The van der Waals surface area contributed by atoms with Gasteiger partial charge in [0.2, 0.25) is 10.0 Å². The van der Waals surface area contributed by atoms with Crippen LogP contribution >= 0.6 is 15.9 Å². The van der Waals surface area contributed by atoms with Crippen molar-refractivity contribution in [1.82, 2.24) is 9.73 Å². The second-order valence-corrected chi connectivity index (χ2v) is 8.26. The molecule has 132 valence electrons. The van der Waals surface area contributed by atoms with Crippen molar-refractivity contribution in [3.8, 4) is 0 Å². The molecular formula is C17H18BrN3O3S. The molecule has 25 heavy (non-hydrogen) atoms. The van der Waals surface area contributed by atoms with E-state index in [1.807, 2.05) is 54.6 Å². The molecule has 6 nitrogen and oxygen atoms in total. The standard InChI is InChI=1S/C17H18BrN3O3S/c1-25(23,24)21(12-15-5-3-2-4-6-15)13-17(22)20-19-11-14-7-9-16(18)10-8-14/h2-11H,12-13H2,1H3,(H,20,22)/b19-11-. The summed E-state index contributed by atoms with van der Waals surface area (Å²) in [7, 11) is -3.52. The number of hydrogen-bond donors (Lipinski definition) is 1. The van der Waals surface area contributed by atoms with Gasteiger partial charge in [0.05, 0.1) is 19.0 Å². The smallest absolute Gasteiger partial charge is 0.255 e. The Bertz CT molecular complexity index is 837. The van der Waals surface area contributed by atoms with Crippen LogP contribution in [0.25, 0.3) is 0 Å². The maximum atomic E-state index is 12.0. The van der Waals surface area contributed by atoms with Crippen LogP contribution in [0.2, 0.25) is 0 Å². The van der Waals surface area contributed by atoms with Crippen LogP contribution in [0.1, 0.15) is 11.1 Å². The average molecular weight is 424 g/mol. The van der Waals surface area contributed by atoms with E-state index < -0.39 is 15.9 Å². The number of hydrazone groups is 1. The van der Waals surface area contributed by atoms with Crippen LogP contribution in [0.4, 0.5) is 0 Å². The van der Waals surface area contributed by atoms with Crippen LogP contribution in [0.15, 0.2) is 64.2 Å². The fourth-order valence-corrected chi connectivity index (χ4v) is 3.00. The van der Waals surface area contributed by atoms with E-state index in [9.17, 15) is 13.2 Å². The van der Waals surface area contributed by atoms with Gasteiger partial charge in [0.15, 0.2) is 0 Å². The Hall–Kier alpha value is -2.03. The second-order valence-electron chi connectivity index (χ2n) is 5.36. The molecule has 0 unspecified atom stereocenters. The van der Waals surface area contributed by atoms with Crippen molar-refractivity contribution in [3.63, 3.8) is 0 Å². The maximum absolute atomic E-state index is 12.0. The number of nitrogens with zero attached hydrogens (tertiary/aromatic N) is 2. The summed E-state index contributed by atoms with van der Waals surface area (Å²) in [6.45, 7) is -0.172. The number of nitrogens with one attached hydrogen (secondary N) is 1. The number of carbonyl (C=O) groups is 1. The summed E-state index contributed by atoms with van der Waals surface area (Å²) in [6, 6.07) is 16.5. The average Bonchev–Trinajstić information content (AvgIpc) is 2.56. The third-order valence-corrected chi connectivity index (χ3v) is 4.99. The minimum absolute atomic E-state index is 0.128. The van der Waals surface area contributed by atoms with Gasteiger partial charge in [-0.15, -0.1) is 0 Å². The van der Waals surface area contributed by atoms with Crippen molar-refractivity contribution < 1.29 is 13.2 Å². The predicted octanol–water partition coefficient (Wildman–Crippen LogP) is 2.36. The maximum Gasteiger partial charge on any atom is 0.255 e. The Kier molecular flexibility index (Phi) is 6.86. The molecule has 2 aromatic rings. The van der Waals surface area contributed by atoms with Crippen molar-refractivity contribution in [3.05, 3.63) is 70.2 Å². The fourth-order valence-electron chi connectivity index (χ4n) is 2.00. The van der Waals surface area contributed by atoms with Gasteiger partial charge in [0.1, 0.15) is 0 Å². The highest BCUT2D eigenvalue weighted by Crippen LogP contribution is 2.09. The van der Waals surface area contributed by atoms with E-state index in [2.05, 4.69) is 26.5 Å². The van der Waals surface area contributed by atoms with E-state index in [1.165, 1.54) is 6.21 Å². The third-order valence-electron chi connectivity index (χ3n) is 3.26. The Balaban J connectivity index is 1.96. The Morgan fingerprint density at radius 1 is 1.16 bits per heavy atom. The van der Waals surface area contributed by atoms with Gasteiger partial charge < -0.3 is 0 Å². The second kappa shape index (κ2) is 8.89. The molecular weight excluding hydrogens is 406 g/mol. The van der Waals surface area contributed by atoms with Crippen LogP contribution in [0.5, 0.6) is 0 Å². The van der Waals surface area contributed by atoms with Crippen LogP contribution < -0.4 is 5.43 Å². The number of halogens is 1. The molecule has 8 heteroatoms. The van der Waals surface area contributed by atoms with E-state index >= 15 is 0 Å². The van der Waals surface area contributed by atoms with Crippen molar-refractivity contribution in [2.24, 2.45) is 5.10 Å². The minimum atomic E-state index is -3.52. The zero-order valence-corrected chi connectivity index (χ0v) is 16.0. The molecule has 0 spiro atoms. The van der Waals surface area contributed by atoms with Gasteiger partial charge >= 0.3 is 0 Å². The number of hydrogen-bond acceptors (Lipinski definition) is 4. The molecule has 1 amide bonds. The SMILES string of the molecule is CS(=O)(=O)N(CC(=O)N/N=C\c1ccc(Br)cc1)Cc1ccccc1. The highest BCUT2D eigenvalue weighted by atomic mass is 79.9. The molecule has 1 N–H and O–H groups in total. The van der Waals surface area contributed by atoms with E-state index in [0.29, 0.717) is 0 Å². The number of benzene rings is 2. The summed E-state index contributed by atoms with van der Waals surface area (Å²) in [5.41, 5.74) is 3.96. The molecule has 2 aromatic carbocycles. The van der Waals surface area contributed by atoms with Crippen molar-refractivity contribution in [2.45, 2.75) is 6.54 Å². The van der Waals surface area contributed by atoms with Gasteiger partial charge in [-0.25, -0.2) is 13.8 Å². The summed E-state index contributed by atoms with van der Waals surface area (Å²) in [6.07, 6.45) is 2.57. The molecule has 0 aliphatic rings. The summed E-state index contributed by atoms with van der Waals surface area (Å²) in [5.74, 6) is -0.505. The summed E-state index contributed by atoms with van der Waals surface area (Å²) in [5, 5.41) is 3.85. The zero-order chi connectivity index (χ0) is 18.3. The first-order chi connectivity index (χ1) is 11.8. The molecule has 0 aromatic heterocycles. The van der Waals surface area contributed by atoms with Crippen molar-refractivity contribution in [2.75, 3.05) is 12.8 Å². The monoisotopic (exact) mass is 423 g/mol. The summed E-state index contributed by atoms with van der Waals surface area (Å²) < 4.78 is 25.8. The number of carbonyl (C=O) groups excluding carboxylic acids is 1. The molecule has 2 rings (SSSR count). The quantitative estimate of drug-likeness (QED) is 0.548. The Labute approximate surface area is 155 Å². The molecule has 0 radical (unpaired) electrons. The number of rotatable bonds is 7. The molecule has 0 saturated heterocycles. The van der Waals surface area contributed by atoms with Gasteiger partial charge in [-0.1, -0.05) is 58.4 Å². The highest BCUT2D eigenvalue weighted by molar-refractivity contribution is 9.10. The lowest BCUT2D eigenvalue weighted by molar-refractivity contribution is -0.121. The molecule has 0 bridgehead atoms. The summed E-state index contributed by atoms with van der Waals surface area (Å²) >= 11 is 3.33. The normalized spacial score (nSPS) is 11.8. The lowest BCUT2D eigenvalue weighted by Crippen LogP contribution is -2.38. The summed E-state index contributed by atoms with van der Waals surface area (Å²) in [4.78, 5) is 12.0. The van der Waals surface area contributed by atoms with Gasteiger partial charge in [0.25, 0.3) is 5.91 Å². The number of sulfonamides is 1. The van der Waals surface area contributed by atoms with Crippen LogP contribution in [0.3, 0.4) is 0 Å². The molecule has 0 atom stereocenters. The van der Waals surface area contributed by atoms with Crippen LogP contribution in [-0.2, 0) is 21.4 Å². The molecule has 0 aliphatic carbocycles. The third kappa shape index (κ3) is 6.77. The molecule has 0 aliphatic heterocycles. The van der Waals surface area contributed by atoms with Gasteiger partial charge in [0, 0.05) is 11.0 Å². The minimum Gasteiger partial charge on any atom is -0.272 e. The lowest BCUT2D eigenvalue weighted by atomic mass is 10.2. The van der Waals surface area contributed by atoms with E-state index in [0.717, 1.165) is 26.2 Å². The van der Waals surface area contributed by atoms with E-state index in [4.69, 9.17) is 0 Å². The molecule has 0 heterocycles. The van der Waals surface area contributed by atoms with Gasteiger partial charge in [-0.05, 0) is 23.3 Å². The highest BCUT2D eigenvalue weighted by Gasteiger charge is 2.20. The molecule has 0 fully saturated rings. The van der Waals surface area contributed by atoms with E-state index in [1.54, 1.807) is 0 Å². The van der Waals surface area contributed by atoms with Crippen LogP contribution in [-0.4, -0.2) is 37.6 Å². The van der Waals surface area contributed by atoms with Gasteiger partial charge in [-0.3, -0.25) is 4.79 Å². The van der Waals surface area contributed by atoms with Gasteiger partial charge in [-0.2, -0.15) is 9.41 Å². The van der Waals surface area contributed by atoms with E-state index in [-0.39, 0.29) is 13.1 Å². The first kappa shape index (κ1) is 19.3. The van der Waals surface area contributed by atoms with Crippen molar-refractivity contribution in [1.29, 1.82) is 0 Å². The Morgan fingerprint density at radius 2 is 1.80 bits per heavy atom. The Morgan fingerprint density at radius 3 is 2.40 bits per heavy atom. The van der Waals surface area contributed by atoms with Crippen molar-refractivity contribution >= 4 is 38.1 Å².